The summed E-state index contributed by atoms with van der Waals surface area (Å²) in [5.41, 5.74) is 1.07. The largest absolute Gasteiger partial charge is 0.506 e. The van der Waals surface area contributed by atoms with E-state index >= 15 is 4.39 Å². The lowest BCUT2D eigenvalue weighted by Crippen LogP contribution is -2.30. The van der Waals surface area contributed by atoms with Crippen LogP contribution in [0.3, 0.4) is 0 Å². The van der Waals surface area contributed by atoms with Crippen LogP contribution in [0.5, 0.6) is 5.75 Å². The number of anilines is 1. The van der Waals surface area contributed by atoms with Crippen molar-refractivity contribution >= 4 is 32.6 Å². The first-order chi connectivity index (χ1) is 12.4. The van der Waals surface area contributed by atoms with Gasteiger partial charge in [0.2, 0.25) is 0 Å². The topological polar surface area (TPSA) is 86.7 Å². The lowest BCUT2D eigenvalue weighted by Gasteiger charge is -2.18. The third kappa shape index (κ3) is 2.55. The molecule has 0 saturated carbocycles. The molecule has 0 aromatic heterocycles. The molecule has 1 amide bonds. The van der Waals surface area contributed by atoms with Crippen LogP contribution in [0.15, 0.2) is 54.6 Å². The van der Waals surface area contributed by atoms with Gasteiger partial charge in [-0.2, -0.15) is 8.42 Å². The Labute approximate surface area is 148 Å². The number of rotatable bonds is 2. The lowest BCUT2D eigenvalue weighted by molar-refractivity contribution is -0.117. The highest BCUT2D eigenvalue weighted by Gasteiger charge is 2.37. The van der Waals surface area contributed by atoms with Gasteiger partial charge in [0.25, 0.3) is 5.91 Å². The number of nitrogens with zero attached hydrogens (tertiary/aromatic N) is 1. The molecule has 2 N–H and O–H groups in total. The summed E-state index contributed by atoms with van der Waals surface area (Å²) in [5, 5.41) is 10.7. The van der Waals surface area contributed by atoms with Gasteiger partial charge in [-0.25, -0.2) is 13.4 Å². The van der Waals surface area contributed by atoms with Crippen molar-refractivity contribution in [1.29, 1.82) is 0 Å². The maximum Gasteiger partial charge on any atom is 0.326 e. The first kappa shape index (κ1) is 16.3. The molecule has 1 fully saturated rings. The molecule has 132 valence electrons. The van der Waals surface area contributed by atoms with E-state index in [0.717, 1.165) is 11.1 Å². The first-order valence-electron chi connectivity index (χ1n) is 7.71. The molecule has 26 heavy (non-hydrogen) atoms. The fourth-order valence-electron chi connectivity index (χ4n) is 3.02. The summed E-state index contributed by atoms with van der Waals surface area (Å²) in [7, 11) is -4.23. The number of nitrogens with one attached hydrogen (secondary N) is 1. The number of phenols is 1. The van der Waals surface area contributed by atoms with E-state index in [2.05, 4.69) is 0 Å². The lowest BCUT2D eigenvalue weighted by atomic mass is 10.00. The zero-order chi connectivity index (χ0) is 18.5. The Balaban J connectivity index is 1.94. The van der Waals surface area contributed by atoms with E-state index in [-0.39, 0.29) is 5.39 Å². The van der Waals surface area contributed by atoms with Crippen LogP contribution in [0, 0.1) is 5.82 Å². The summed E-state index contributed by atoms with van der Waals surface area (Å²) in [4.78, 5) is 11.4. The van der Waals surface area contributed by atoms with Gasteiger partial charge in [-0.15, -0.1) is 0 Å². The minimum atomic E-state index is -4.23. The summed E-state index contributed by atoms with van der Waals surface area (Å²) in [5.74, 6) is -2.25. The van der Waals surface area contributed by atoms with Crippen LogP contribution >= 0.6 is 0 Å². The molecule has 0 radical (unpaired) electrons. The van der Waals surface area contributed by atoms with Crippen LogP contribution in [0.25, 0.3) is 21.9 Å². The van der Waals surface area contributed by atoms with Gasteiger partial charge in [0.15, 0.2) is 5.82 Å². The van der Waals surface area contributed by atoms with E-state index in [1.54, 1.807) is 22.9 Å². The Kier molecular flexibility index (Phi) is 3.58. The average molecular weight is 372 g/mol. The molecule has 0 aliphatic carbocycles. The van der Waals surface area contributed by atoms with E-state index in [4.69, 9.17) is 0 Å². The molecule has 1 aliphatic heterocycles. The molecule has 6 nitrogen and oxygen atoms in total. The number of phenolic OH excluding ortho intramolecular Hbond substituents is 1. The second kappa shape index (κ2) is 5.70. The Morgan fingerprint density at radius 2 is 1.77 bits per heavy atom. The minimum Gasteiger partial charge on any atom is -0.506 e. The predicted octanol–water partition coefficient (Wildman–Crippen LogP) is 2.53. The molecule has 0 atom stereocenters. The van der Waals surface area contributed by atoms with Crippen molar-refractivity contribution < 1.29 is 22.7 Å². The van der Waals surface area contributed by atoms with Crippen molar-refractivity contribution in [3.05, 3.63) is 60.4 Å². The molecule has 0 spiro atoms. The highest BCUT2D eigenvalue weighted by Crippen LogP contribution is 2.39. The Morgan fingerprint density at radius 1 is 1.04 bits per heavy atom. The number of hydrogen-bond donors (Lipinski definition) is 2. The SMILES string of the molecule is O=C1CN(c2c(O)cc3ccc(-c4ccccc4)cc3c2F)S(=O)(=O)N1. The van der Waals surface area contributed by atoms with E-state index in [1.807, 2.05) is 30.3 Å². The van der Waals surface area contributed by atoms with Crippen LogP contribution in [0.4, 0.5) is 10.1 Å². The predicted molar refractivity (Wildman–Crippen MR) is 95.4 cm³/mol. The number of fused-ring (bicyclic) bond motifs is 1. The Hall–Kier alpha value is -3.13. The van der Waals surface area contributed by atoms with Gasteiger partial charge in [-0.1, -0.05) is 42.5 Å². The van der Waals surface area contributed by atoms with E-state index in [9.17, 15) is 18.3 Å². The third-order valence-corrected chi connectivity index (χ3v) is 5.59. The fraction of sp³-hybridized carbons (Fsp3) is 0.0556. The minimum absolute atomic E-state index is 0.147. The van der Waals surface area contributed by atoms with Gasteiger partial charge in [0, 0.05) is 5.39 Å². The molecule has 4 rings (SSSR count). The van der Waals surface area contributed by atoms with Gasteiger partial charge in [0.05, 0.1) is 0 Å². The van der Waals surface area contributed by atoms with Crippen molar-refractivity contribution in [2.45, 2.75) is 0 Å². The molecule has 1 heterocycles. The van der Waals surface area contributed by atoms with E-state index < -0.39 is 39.9 Å². The smallest absolute Gasteiger partial charge is 0.326 e. The molecule has 8 heteroatoms. The number of aromatic hydroxyl groups is 1. The first-order valence-corrected chi connectivity index (χ1v) is 9.15. The number of hydrogen-bond acceptors (Lipinski definition) is 4. The van der Waals surface area contributed by atoms with Crippen molar-refractivity contribution in [2.75, 3.05) is 10.8 Å². The molecular formula is C18H13FN2O4S. The Bertz CT molecular complexity index is 1150. The second-order valence-electron chi connectivity index (χ2n) is 5.90. The maximum atomic E-state index is 15.1. The van der Waals surface area contributed by atoms with Crippen molar-refractivity contribution in [3.63, 3.8) is 0 Å². The van der Waals surface area contributed by atoms with Gasteiger partial charge < -0.3 is 5.11 Å². The number of halogens is 1. The highest BCUT2D eigenvalue weighted by atomic mass is 32.2. The zero-order valence-corrected chi connectivity index (χ0v) is 14.1. The van der Waals surface area contributed by atoms with Crippen LogP contribution < -0.4 is 9.03 Å². The van der Waals surface area contributed by atoms with Crippen LogP contribution in [0.1, 0.15) is 0 Å². The molecular weight excluding hydrogens is 359 g/mol. The fourth-order valence-corrected chi connectivity index (χ4v) is 4.18. The third-order valence-electron chi connectivity index (χ3n) is 4.21. The molecule has 1 aliphatic rings. The zero-order valence-electron chi connectivity index (χ0n) is 13.3. The summed E-state index contributed by atoms with van der Waals surface area (Å²) < 4.78 is 41.5. The molecule has 0 unspecified atom stereocenters. The maximum absolute atomic E-state index is 15.1. The number of carbonyl (C=O) groups excluding carboxylic acids is 1. The summed E-state index contributed by atoms with van der Waals surface area (Å²) in [6.07, 6.45) is 0. The van der Waals surface area contributed by atoms with Crippen LogP contribution in [0.2, 0.25) is 0 Å². The highest BCUT2D eigenvalue weighted by molar-refractivity contribution is 7.92. The van der Waals surface area contributed by atoms with Crippen molar-refractivity contribution in [1.82, 2.24) is 4.72 Å². The van der Waals surface area contributed by atoms with E-state index in [1.165, 1.54) is 6.07 Å². The average Bonchev–Trinajstić information content (AvgIpc) is 2.88. The number of carbonyl (C=O) groups is 1. The number of amides is 1. The van der Waals surface area contributed by atoms with E-state index in [0.29, 0.717) is 9.69 Å². The standard InChI is InChI=1S/C18H13FN2O4S/c19-17-14-8-12(11-4-2-1-3-5-11)6-7-13(14)9-15(22)18(17)21-10-16(23)20-26(21,24)25/h1-9,22H,10H2,(H,20,23). The van der Waals surface area contributed by atoms with Gasteiger partial charge in [0.1, 0.15) is 18.0 Å². The second-order valence-corrected chi connectivity index (χ2v) is 7.49. The summed E-state index contributed by atoms with van der Waals surface area (Å²) in [6.45, 7) is -0.587. The molecule has 3 aromatic rings. The molecule has 3 aromatic carbocycles. The summed E-state index contributed by atoms with van der Waals surface area (Å²) in [6, 6.07) is 15.6. The quantitative estimate of drug-likeness (QED) is 0.724. The van der Waals surface area contributed by atoms with Crippen LogP contribution in [-0.2, 0) is 15.0 Å². The molecule has 1 saturated heterocycles. The van der Waals surface area contributed by atoms with Crippen LogP contribution in [-0.4, -0.2) is 26.0 Å². The van der Waals surface area contributed by atoms with Gasteiger partial charge >= 0.3 is 10.2 Å². The van der Waals surface area contributed by atoms with Crippen molar-refractivity contribution in [2.24, 2.45) is 0 Å². The van der Waals surface area contributed by atoms with Crippen molar-refractivity contribution in [3.8, 4) is 16.9 Å². The summed E-state index contributed by atoms with van der Waals surface area (Å²) >= 11 is 0. The monoisotopic (exact) mass is 372 g/mol. The van der Waals surface area contributed by atoms with Gasteiger partial charge in [-0.05, 0) is 28.6 Å². The Morgan fingerprint density at radius 3 is 2.42 bits per heavy atom. The molecule has 0 bridgehead atoms. The number of benzene rings is 3. The normalized spacial score (nSPS) is 16.0. The van der Waals surface area contributed by atoms with Gasteiger partial charge in [-0.3, -0.25) is 4.79 Å².